The van der Waals surface area contributed by atoms with E-state index in [0.29, 0.717) is 5.56 Å². The van der Waals surface area contributed by atoms with Crippen molar-refractivity contribution in [3.63, 3.8) is 0 Å². The molecule has 126 valence electrons. The van der Waals surface area contributed by atoms with Crippen molar-refractivity contribution >= 4 is 32.4 Å². The van der Waals surface area contributed by atoms with E-state index in [1.54, 1.807) is 12.1 Å². The normalized spacial score (nSPS) is 12.7. The van der Waals surface area contributed by atoms with Gasteiger partial charge < -0.3 is 4.18 Å². The molecule has 0 amide bonds. The average molecular weight is 366 g/mol. The minimum atomic E-state index is -4.28. The molecule has 0 radical (unpaired) electrons. The van der Waals surface area contributed by atoms with Crippen molar-refractivity contribution in [2.45, 2.75) is 4.90 Å². The van der Waals surface area contributed by atoms with Gasteiger partial charge in [-0.25, -0.2) is 0 Å². The lowest BCUT2D eigenvalue weighted by Gasteiger charge is -1.99. The molecule has 2 rings (SSSR count). The van der Waals surface area contributed by atoms with Crippen molar-refractivity contribution < 1.29 is 25.6 Å². The Hall–Kier alpha value is -2.42. The zero-order valence-electron chi connectivity index (χ0n) is 12.3. The van der Waals surface area contributed by atoms with Gasteiger partial charge in [0.2, 0.25) is 0 Å². The van der Waals surface area contributed by atoms with Crippen LogP contribution in [-0.4, -0.2) is 21.4 Å². The molecule has 1 N–H and O–H groups in total. The van der Waals surface area contributed by atoms with E-state index in [1.165, 1.54) is 24.3 Å². The molecule has 0 aliphatic carbocycles. The minimum Gasteiger partial charge on any atom is -0.387 e. The third-order valence-corrected chi connectivity index (χ3v) is 4.57. The first-order valence-corrected chi connectivity index (χ1v) is 9.58. The van der Waals surface area contributed by atoms with Crippen LogP contribution in [0.25, 0.3) is 12.2 Å². The van der Waals surface area contributed by atoms with Crippen LogP contribution < -0.4 is 0 Å². The van der Waals surface area contributed by atoms with Crippen LogP contribution in [-0.2, 0) is 24.4 Å². The van der Waals surface area contributed by atoms with Crippen molar-refractivity contribution in [1.29, 1.82) is 0 Å². The van der Waals surface area contributed by atoms with Crippen molar-refractivity contribution in [1.82, 2.24) is 0 Å². The van der Waals surface area contributed by atoms with Crippen molar-refractivity contribution in [2.75, 3.05) is 0 Å². The second-order valence-electron chi connectivity index (χ2n) is 4.65. The molecule has 0 unspecified atom stereocenters. The summed E-state index contributed by atoms with van der Waals surface area (Å²) in [6, 6.07) is 14.1. The average Bonchev–Trinajstić information content (AvgIpc) is 2.53. The highest BCUT2D eigenvalue weighted by molar-refractivity contribution is 7.89. The third kappa shape index (κ3) is 5.65. The minimum absolute atomic E-state index is 0.274. The zero-order chi connectivity index (χ0) is 17.6. The van der Waals surface area contributed by atoms with Crippen LogP contribution in [0.1, 0.15) is 11.1 Å². The third-order valence-electron chi connectivity index (χ3n) is 2.85. The van der Waals surface area contributed by atoms with Gasteiger partial charge in [0.15, 0.2) is 0 Å². The van der Waals surface area contributed by atoms with Gasteiger partial charge in [-0.2, -0.15) is 16.8 Å². The molecule has 0 heterocycles. The van der Waals surface area contributed by atoms with Crippen molar-refractivity contribution in [3.05, 3.63) is 77.4 Å². The number of rotatable bonds is 6. The van der Waals surface area contributed by atoms with E-state index in [1.807, 2.05) is 18.2 Å². The van der Waals surface area contributed by atoms with E-state index in [2.05, 4.69) is 0 Å². The van der Waals surface area contributed by atoms with Crippen LogP contribution in [0.3, 0.4) is 0 Å². The highest BCUT2D eigenvalue weighted by atomic mass is 32.2. The monoisotopic (exact) mass is 366 g/mol. The van der Waals surface area contributed by atoms with Crippen molar-refractivity contribution in [3.8, 4) is 0 Å². The molecule has 0 aliphatic rings. The van der Waals surface area contributed by atoms with Gasteiger partial charge in [0, 0.05) is 0 Å². The molecule has 0 atom stereocenters. The lowest BCUT2D eigenvalue weighted by atomic mass is 10.2. The summed E-state index contributed by atoms with van der Waals surface area (Å²) >= 11 is 0. The van der Waals surface area contributed by atoms with E-state index in [9.17, 15) is 16.8 Å². The van der Waals surface area contributed by atoms with Gasteiger partial charge in [-0.3, -0.25) is 4.55 Å². The van der Waals surface area contributed by atoms with E-state index >= 15 is 0 Å². The van der Waals surface area contributed by atoms with Gasteiger partial charge in [0.1, 0.15) is 6.26 Å². The molecule has 0 aromatic heterocycles. The van der Waals surface area contributed by atoms with E-state index in [4.69, 9.17) is 8.74 Å². The molecule has 2 aromatic carbocycles. The predicted octanol–water partition coefficient (Wildman–Crippen LogP) is 2.92. The summed E-state index contributed by atoms with van der Waals surface area (Å²) in [5.74, 6) is 0. The molecule has 0 saturated heterocycles. The maximum Gasteiger partial charge on any atom is 0.331 e. The number of benzene rings is 2. The van der Waals surface area contributed by atoms with Gasteiger partial charge in [-0.05, 0) is 35.4 Å². The fourth-order valence-electron chi connectivity index (χ4n) is 1.69. The Morgan fingerprint density at radius 2 is 1.38 bits per heavy atom. The Morgan fingerprint density at radius 1 is 0.792 bits per heavy atom. The quantitative estimate of drug-likeness (QED) is 0.479. The van der Waals surface area contributed by atoms with Gasteiger partial charge in [-0.15, -0.1) is 0 Å². The molecule has 2 aromatic rings. The van der Waals surface area contributed by atoms with Crippen LogP contribution >= 0.6 is 0 Å². The first kappa shape index (κ1) is 17.9. The lowest BCUT2D eigenvalue weighted by molar-refractivity contribution is 0.456. The van der Waals surface area contributed by atoms with Crippen LogP contribution in [0.5, 0.6) is 0 Å². The largest absolute Gasteiger partial charge is 0.387 e. The Bertz CT molecular complexity index is 941. The van der Waals surface area contributed by atoms with E-state index in [0.717, 1.165) is 29.4 Å². The van der Waals surface area contributed by atoms with E-state index in [-0.39, 0.29) is 4.90 Å². The first-order valence-electron chi connectivity index (χ1n) is 6.67. The first-order chi connectivity index (χ1) is 11.3. The Kier molecular flexibility index (Phi) is 5.55. The summed E-state index contributed by atoms with van der Waals surface area (Å²) in [6.07, 6.45) is 3.82. The van der Waals surface area contributed by atoms with Gasteiger partial charge in [-0.1, -0.05) is 42.5 Å². The van der Waals surface area contributed by atoms with Crippen LogP contribution in [0.4, 0.5) is 0 Å². The summed E-state index contributed by atoms with van der Waals surface area (Å²) in [6.45, 7) is 0. The number of hydrogen-bond donors (Lipinski definition) is 1. The molecular formula is C16H14O6S2. The molecule has 8 heteroatoms. The summed E-state index contributed by atoms with van der Waals surface area (Å²) < 4.78 is 58.8. The van der Waals surface area contributed by atoms with Gasteiger partial charge in [0.05, 0.1) is 10.3 Å². The SMILES string of the molecule is O=S(=O)(C=Cc1ccc(S(=O)(=O)O)cc1)OC=Cc1ccccc1. The molecular weight excluding hydrogens is 352 g/mol. The highest BCUT2D eigenvalue weighted by Crippen LogP contribution is 2.12. The molecule has 24 heavy (non-hydrogen) atoms. The second-order valence-corrected chi connectivity index (χ2v) is 7.52. The van der Waals surface area contributed by atoms with Crippen molar-refractivity contribution in [2.24, 2.45) is 0 Å². The summed E-state index contributed by atoms with van der Waals surface area (Å²) in [7, 11) is -8.20. The molecule has 6 nitrogen and oxygen atoms in total. The zero-order valence-corrected chi connectivity index (χ0v) is 13.9. The number of hydrogen-bond acceptors (Lipinski definition) is 5. The Labute approximate surface area is 140 Å². The Balaban J connectivity index is 2.03. The standard InChI is InChI=1S/C16H14O6S2/c17-23(18,22-12-10-14-4-2-1-3-5-14)13-11-15-6-8-16(9-7-15)24(19,20)21/h1-13H,(H,19,20,21). The fraction of sp³-hybridized carbons (Fsp3) is 0. The van der Waals surface area contributed by atoms with Crippen LogP contribution in [0.2, 0.25) is 0 Å². The molecule has 0 bridgehead atoms. The second kappa shape index (κ2) is 7.43. The van der Waals surface area contributed by atoms with Gasteiger partial charge in [0.25, 0.3) is 10.1 Å². The molecule has 0 spiro atoms. The molecule has 0 fully saturated rings. The predicted molar refractivity (Wildman–Crippen MR) is 90.8 cm³/mol. The lowest BCUT2D eigenvalue weighted by Crippen LogP contribution is -1.97. The molecule has 0 saturated carbocycles. The topological polar surface area (TPSA) is 97.7 Å². The maximum absolute atomic E-state index is 11.7. The fourth-order valence-corrected chi connectivity index (χ4v) is 2.77. The maximum atomic E-state index is 11.7. The highest BCUT2D eigenvalue weighted by Gasteiger charge is 2.08. The summed E-state index contributed by atoms with van der Waals surface area (Å²) in [5.41, 5.74) is 1.22. The molecule has 0 aliphatic heterocycles. The smallest absolute Gasteiger partial charge is 0.331 e. The summed E-state index contributed by atoms with van der Waals surface area (Å²) in [5, 5.41) is 0.852. The van der Waals surface area contributed by atoms with Crippen LogP contribution in [0, 0.1) is 0 Å². The summed E-state index contributed by atoms with van der Waals surface area (Å²) in [4.78, 5) is -0.274. The van der Waals surface area contributed by atoms with Crippen LogP contribution in [0.15, 0.2) is 71.2 Å². The Morgan fingerprint density at radius 3 is 1.96 bits per heavy atom. The van der Waals surface area contributed by atoms with Gasteiger partial charge >= 0.3 is 10.1 Å². The van der Waals surface area contributed by atoms with E-state index < -0.39 is 20.2 Å².